The van der Waals surface area contributed by atoms with Gasteiger partial charge in [-0.15, -0.1) is 0 Å². The van der Waals surface area contributed by atoms with Crippen molar-refractivity contribution in [1.29, 1.82) is 0 Å². The van der Waals surface area contributed by atoms with Gasteiger partial charge in [0.2, 0.25) is 0 Å². The van der Waals surface area contributed by atoms with E-state index in [1.807, 2.05) is 24.3 Å². The van der Waals surface area contributed by atoms with Crippen molar-refractivity contribution in [2.45, 2.75) is 142 Å². The van der Waals surface area contributed by atoms with Crippen molar-refractivity contribution < 1.29 is 14.2 Å². The van der Waals surface area contributed by atoms with Gasteiger partial charge in [0.05, 0.1) is 0 Å². The highest BCUT2D eigenvalue weighted by Gasteiger charge is 2.09. The molecule has 0 amide bonds. The molecule has 204 valence electrons. The Labute approximate surface area is 219 Å². The van der Waals surface area contributed by atoms with Gasteiger partial charge in [-0.1, -0.05) is 140 Å². The van der Waals surface area contributed by atoms with E-state index in [2.05, 4.69) is 38.2 Å². The Bertz CT molecular complexity index is 475. The first-order valence-corrected chi connectivity index (χ1v) is 14.7. The van der Waals surface area contributed by atoms with Crippen molar-refractivity contribution in [3.05, 3.63) is 48.6 Å². The molecule has 0 bridgehead atoms. The van der Waals surface area contributed by atoms with E-state index in [9.17, 15) is 0 Å². The third kappa shape index (κ3) is 25.7. The van der Waals surface area contributed by atoms with E-state index in [4.69, 9.17) is 14.2 Å². The van der Waals surface area contributed by atoms with Crippen molar-refractivity contribution in [3.63, 3.8) is 0 Å². The Morgan fingerprint density at radius 2 is 0.800 bits per heavy atom. The minimum absolute atomic E-state index is 0.432. The molecule has 0 saturated carbocycles. The summed E-state index contributed by atoms with van der Waals surface area (Å²) in [6.45, 7) is 4.54. The Kier molecular flexibility index (Phi) is 28.1. The molecule has 0 saturated heterocycles. The van der Waals surface area contributed by atoms with Crippen LogP contribution in [-0.4, -0.2) is 26.8 Å². The molecule has 0 aromatic rings. The summed E-state index contributed by atoms with van der Waals surface area (Å²) in [6.07, 6.45) is 39.6. The van der Waals surface area contributed by atoms with Gasteiger partial charge in [0, 0.05) is 14.2 Å². The maximum absolute atomic E-state index is 5.86. The minimum Gasteiger partial charge on any atom is -0.352 e. The summed E-state index contributed by atoms with van der Waals surface area (Å²) in [4.78, 5) is 0. The van der Waals surface area contributed by atoms with Crippen LogP contribution in [0.25, 0.3) is 0 Å². The number of unbranched alkanes of at least 4 members (excludes halogenated alkanes) is 16. The predicted octanol–water partition coefficient (Wildman–Crippen LogP) is 10.2. The molecule has 0 aliphatic carbocycles. The van der Waals surface area contributed by atoms with Crippen molar-refractivity contribution in [3.8, 4) is 0 Å². The number of rotatable bonds is 26. The second-order valence-corrected chi connectivity index (χ2v) is 9.50. The highest BCUT2D eigenvalue weighted by Crippen LogP contribution is 2.11. The summed E-state index contributed by atoms with van der Waals surface area (Å²) in [6, 6.07) is 0. The van der Waals surface area contributed by atoms with Crippen LogP contribution in [-0.2, 0) is 14.2 Å². The van der Waals surface area contributed by atoms with Gasteiger partial charge < -0.3 is 14.2 Å². The Hall–Kier alpha value is -1.16. The molecule has 0 aromatic carbocycles. The van der Waals surface area contributed by atoms with Gasteiger partial charge in [0.15, 0.2) is 12.6 Å². The molecular weight excluding hydrogens is 432 g/mol. The lowest BCUT2D eigenvalue weighted by molar-refractivity contribution is -0.188. The summed E-state index contributed by atoms with van der Waals surface area (Å²) in [5.74, 6) is 0. The number of allylic oxidation sites excluding steroid dienone is 6. The molecule has 0 spiro atoms. The molecule has 3 nitrogen and oxygen atoms in total. The molecule has 0 aliphatic heterocycles. The van der Waals surface area contributed by atoms with E-state index in [1.54, 1.807) is 14.2 Å². The van der Waals surface area contributed by atoms with E-state index >= 15 is 0 Å². The molecule has 0 fully saturated rings. The van der Waals surface area contributed by atoms with Gasteiger partial charge in [-0.3, -0.25) is 0 Å². The summed E-state index contributed by atoms with van der Waals surface area (Å²) in [5.41, 5.74) is 0. The second kappa shape index (κ2) is 29.1. The number of hydrogen-bond donors (Lipinski definition) is 0. The van der Waals surface area contributed by atoms with Gasteiger partial charge >= 0.3 is 0 Å². The summed E-state index contributed by atoms with van der Waals surface area (Å²) < 4.78 is 16.7. The van der Waals surface area contributed by atoms with Crippen molar-refractivity contribution in [2.24, 2.45) is 0 Å². The van der Waals surface area contributed by atoms with Gasteiger partial charge in [-0.2, -0.15) is 0 Å². The molecule has 2 atom stereocenters. The molecule has 0 aromatic heterocycles. The van der Waals surface area contributed by atoms with E-state index < -0.39 is 12.6 Å². The lowest BCUT2D eigenvalue weighted by Crippen LogP contribution is -2.22. The minimum atomic E-state index is -0.432. The van der Waals surface area contributed by atoms with Crippen LogP contribution in [0.15, 0.2) is 48.6 Å². The summed E-state index contributed by atoms with van der Waals surface area (Å²) in [7, 11) is 3.30. The first-order chi connectivity index (χ1) is 17.3. The number of hydrogen-bond acceptors (Lipinski definition) is 3. The third-order valence-electron chi connectivity index (χ3n) is 6.21. The first-order valence-electron chi connectivity index (χ1n) is 14.7. The van der Waals surface area contributed by atoms with Crippen LogP contribution >= 0.6 is 0 Å². The van der Waals surface area contributed by atoms with E-state index in [1.165, 1.54) is 103 Å². The maximum Gasteiger partial charge on any atom is 0.180 e. The Morgan fingerprint density at radius 3 is 1.14 bits per heavy atom. The highest BCUT2D eigenvalue weighted by atomic mass is 16.8. The normalized spacial score (nSPS) is 14.3. The third-order valence-corrected chi connectivity index (χ3v) is 6.21. The fraction of sp³-hybridized carbons (Fsp3) is 0.750. The lowest BCUT2D eigenvalue weighted by atomic mass is 10.1. The van der Waals surface area contributed by atoms with Crippen LogP contribution < -0.4 is 0 Å². The summed E-state index contributed by atoms with van der Waals surface area (Å²) in [5, 5.41) is 0. The van der Waals surface area contributed by atoms with Crippen LogP contribution in [0.3, 0.4) is 0 Å². The second-order valence-electron chi connectivity index (χ2n) is 9.50. The van der Waals surface area contributed by atoms with Crippen LogP contribution in [0.4, 0.5) is 0 Å². The quantitative estimate of drug-likeness (QED) is 0.0685. The fourth-order valence-electron chi connectivity index (χ4n) is 3.94. The van der Waals surface area contributed by atoms with Gasteiger partial charge in [0.25, 0.3) is 0 Å². The van der Waals surface area contributed by atoms with Gasteiger partial charge in [-0.25, -0.2) is 0 Å². The Morgan fingerprint density at radius 1 is 0.457 bits per heavy atom. The number of ether oxygens (including phenoxy) is 3. The molecule has 0 heterocycles. The van der Waals surface area contributed by atoms with Crippen LogP contribution in [0.5, 0.6) is 0 Å². The molecule has 35 heavy (non-hydrogen) atoms. The average Bonchev–Trinajstić information content (AvgIpc) is 2.88. The van der Waals surface area contributed by atoms with Crippen molar-refractivity contribution >= 4 is 0 Å². The lowest BCUT2D eigenvalue weighted by Gasteiger charge is -2.17. The monoisotopic (exact) mass is 490 g/mol. The zero-order valence-corrected chi connectivity index (χ0v) is 23.7. The average molecular weight is 491 g/mol. The molecular formula is C32H58O3. The Balaban J connectivity index is 3.92. The molecule has 0 N–H and O–H groups in total. The molecule has 2 unspecified atom stereocenters. The zero-order chi connectivity index (χ0) is 25.7. The van der Waals surface area contributed by atoms with E-state index in [-0.39, 0.29) is 0 Å². The number of methoxy groups -OCH3 is 2. The van der Waals surface area contributed by atoms with E-state index in [0.717, 1.165) is 12.8 Å². The molecule has 0 radical (unpaired) electrons. The molecule has 0 aliphatic rings. The maximum atomic E-state index is 5.86. The first kappa shape index (κ1) is 33.8. The largest absolute Gasteiger partial charge is 0.352 e. The highest BCUT2D eigenvalue weighted by molar-refractivity contribution is 5.05. The van der Waals surface area contributed by atoms with Crippen molar-refractivity contribution in [1.82, 2.24) is 0 Å². The summed E-state index contributed by atoms with van der Waals surface area (Å²) >= 11 is 0. The van der Waals surface area contributed by atoms with Gasteiger partial charge in [0.1, 0.15) is 0 Å². The van der Waals surface area contributed by atoms with Crippen molar-refractivity contribution in [2.75, 3.05) is 14.2 Å². The fourth-order valence-corrected chi connectivity index (χ4v) is 3.94. The zero-order valence-electron chi connectivity index (χ0n) is 23.7. The SMILES string of the molecule is CCCCCCCCCCC=CC=CC(OC)OC(C=CC=CCCCCCCCCCC)OC. The van der Waals surface area contributed by atoms with Crippen LogP contribution in [0.2, 0.25) is 0 Å². The molecule has 3 heteroatoms. The predicted molar refractivity (Wildman–Crippen MR) is 154 cm³/mol. The van der Waals surface area contributed by atoms with Gasteiger partial charge in [-0.05, 0) is 37.8 Å². The van der Waals surface area contributed by atoms with E-state index in [0.29, 0.717) is 0 Å². The molecule has 0 rings (SSSR count). The topological polar surface area (TPSA) is 27.7 Å². The van der Waals surface area contributed by atoms with Crippen LogP contribution in [0, 0.1) is 0 Å². The standard InChI is InChI=1S/C32H58O3/c1-5-7-9-11-13-15-17-19-21-23-25-27-29-31(33-3)35-32(34-4)30-28-26-24-22-20-18-16-14-12-10-8-6-2/h23-32H,5-22H2,1-4H3. The smallest absolute Gasteiger partial charge is 0.180 e. The van der Waals surface area contributed by atoms with Crippen LogP contribution in [0.1, 0.15) is 129 Å².